The Morgan fingerprint density at radius 2 is 1.84 bits per heavy atom. The highest BCUT2D eigenvalue weighted by molar-refractivity contribution is 5.29. The molecule has 0 amide bonds. The van der Waals surface area contributed by atoms with Gasteiger partial charge in [0.15, 0.2) is 0 Å². The molecule has 0 radical (unpaired) electrons. The highest BCUT2D eigenvalue weighted by Crippen LogP contribution is 2.18. The second-order valence-corrected chi connectivity index (χ2v) is 5.35. The molecule has 0 spiro atoms. The smallest absolute Gasteiger partial charge is 0.118 e. The van der Waals surface area contributed by atoms with Crippen molar-refractivity contribution in [3.05, 3.63) is 29.8 Å². The molecule has 19 heavy (non-hydrogen) atoms. The fourth-order valence-corrected chi connectivity index (χ4v) is 2.25. The zero-order valence-corrected chi connectivity index (χ0v) is 12.9. The van der Waals surface area contributed by atoms with E-state index in [-0.39, 0.29) is 0 Å². The molecular formula is C16H28N2O. The van der Waals surface area contributed by atoms with E-state index in [9.17, 15) is 0 Å². The average molecular weight is 264 g/mol. The zero-order valence-electron chi connectivity index (χ0n) is 12.9. The standard InChI is InChI=1S/C16H28N2O/c1-6-13(2)11-18(4)12-16(17-3)14-7-9-15(19-5)10-8-14/h7-10,13,16-17H,6,11-12H2,1-5H3. The first kappa shape index (κ1) is 16.0. The Labute approximate surface area is 118 Å². The van der Waals surface area contributed by atoms with E-state index in [1.165, 1.54) is 12.0 Å². The van der Waals surface area contributed by atoms with E-state index in [0.717, 1.165) is 24.8 Å². The number of ether oxygens (including phenoxy) is 1. The molecule has 0 bridgehead atoms. The average Bonchev–Trinajstić information content (AvgIpc) is 2.44. The van der Waals surface area contributed by atoms with Gasteiger partial charge in [0, 0.05) is 19.1 Å². The van der Waals surface area contributed by atoms with Crippen LogP contribution in [0.1, 0.15) is 31.9 Å². The van der Waals surface area contributed by atoms with Gasteiger partial charge in [0.05, 0.1) is 7.11 Å². The molecule has 1 aromatic carbocycles. The van der Waals surface area contributed by atoms with Crippen molar-refractivity contribution in [3.8, 4) is 5.75 Å². The first-order valence-corrected chi connectivity index (χ1v) is 7.10. The van der Waals surface area contributed by atoms with Crippen molar-refractivity contribution >= 4 is 0 Å². The second kappa shape index (κ2) is 8.18. The molecule has 1 rings (SSSR count). The largest absolute Gasteiger partial charge is 0.497 e. The number of benzene rings is 1. The molecule has 3 nitrogen and oxygen atoms in total. The van der Waals surface area contributed by atoms with Crippen LogP contribution in [0.3, 0.4) is 0 Å². The molecule has 0 aromatic heterocycles. The van der Waals surface area contributed by atoms with Gasteiger partial charge in [-0.1, -0.05) is 32.4 Å². The molecule has 0 fully saturated rings. The highest BCUT2D eigenvalue weighted by atomic mass is 16.5. The van der Waals surface area contributed by atoms with E-state index in [4.69, 9.17) is 4.74 Å². The van der Waals surface area contributed by atoms with Crippen molar-refractivity contribution in [1.29, 1.82) is 0 Å². The van der Waals surface area contributed by atoms with Crippen LogP contribution in [0.15, 0.2) is 24.3 Å². The monoisotopic (exact) mass is 264 g/mol. The van der Waals surface area contributed by atoms with Gasteiger partial charge in [0.2, 0.25) is 0 Å². The molecule has 0 heterocycles. The summed E-state index contributed by atoms with van der Waals surface area (Å²) in [5.41, 5.74) is 1.30. The minimum Gasteiger partial charge on any atom is -0.497 e. The molecule has 0 aliphatic heterocycles. The zero-order chi connectivity index (χ0) is 14.3. The lowest BCUT2D eigenvalue weighted by Gasteiger charge is -2.26. The number of nitrogens with one attached hydrogen (secondary N) is 1. The lowest BCUT2D eigenvalue weighted by molar-refractivity contribution is 0.256. The minimum atomic E-state index is 0.361. The van der Waals surface area contributed by atoms with Gasteiger partial charge in [-0.3, -0.25) is 0 Å². The fourth-order valence-electron chi connectivity index (χ4n) is 2.25. The van der Waals surface area contributed by atoms with Crippen LogP contribution < -0.4 is 10.1 Å². The molecule has 2 atom stereocenters. The van der Waals surface area contributed by atoms with Crippen molar-refractivity contribution in [2.75, 3.05) is 34.3 Å². The van der Waals surface area contributed by atoms with E-state index in [1.807, 2.05) is 19.2 Å². The van der Waals surface area contributed by atoms with Crippen LogP contribution in [0.25, 0.3) is 0 Å². The Hall–Kier alpha value is -1.06. The van der Waals surface area contributed by atoms with E-state index in [2.05, 4.69) is 43.2 Å². The van der Waals surface area contributed by atoms with Gasteiger partial charge in [-0.15, -0.1) is 0 Å². The molecule has 2 unspecified atom stereocenters. The third-order valence-corrected chi connectivity index (χ3v) is 3.68. The number of rotatable bonds is 8. The SMILES string of the molecule is CCC(C)CN(C)CC(NC)c1ccc(OC)cc1. The molecule has 1 N–H and O–H groups in total. The number of methoxy groups -OCH3 is 1. The Morgan fingerprint density at radius 3 is 2.32 bits per heavy atom. The molecule has 0 saturated carbocycles. The third kappa shape index (κ3) is 5.21. The fraction of sp³-hybridized carbons (Fsp3) is 0.625. The van der Waals surface area contributed by atoms with Crippen molar-refractivity contribution < 1.29 is 4.74 Å². The van der Waals surface area contributed by atoms with E-state index < -0.39 is 0 Å². The van der Waals surface area contributed by atoms with Crippen LogP contribution >= 0.6 is 0 Å². The molecule has 108 valence electrons. The Balaban J connectivity index is 2.61. The van der Waals surface area contributed by atoms with Crippen LogP contribution in [0, 0.1) is 5.92 Å². The minimum absolute atomic E-state index is 0.361. The van der Waals surface area contributed by atoms with Crippen molar-refractivity contribution in [3.63, 3.8) is 0 Å². The molecule has 0 aliphatic rings. The van der Waals surface area contributed by atoms with Gasteiger partial charge >= 0.3 is 0 Å². The van der Waals surface area contributed by atoms with Gasteiger partial charge in [0.25, 0.3) is 0 Å². The van der Waals surface area contributed by atoms with Crippen molar-refractivity contribution in [2.24, 2.45) is 5.92 Å². The maximum absolute atomic E-state index is 5.20. The summed E-state index contributed by atoms with van der Waals surface area (Å²) in [6.45, 7) is 6.72. The molecule has 0 aliphatic carbocycles. The van der Waals surface area contributed by atoms with Gasteiger partial charge in [-0.25, -0.2) is 0 Å². The Bertz CT molecular complexity index is 350. The van der Waals surface area contributed by atoms with Crippen LogP contribution in [-0.2, 0) is 0 Å². The maximum Gasteiger partial charge on any atom is 0.118 e. The van der Waals surface area contributed by atoms with E-state index in [0.29, 0.717) is 6.04 Å². The van der Waals surface area contributed by atoms with Gasteiger partial charge < -0.3 is 15.0 Å². The number of likely N-dealkylation sites (N-methyl/N-ethyl adjacent to an activating group) is 2. The van der Waals surface area contributed by atoms with Crippen LogP contribution in [0.2, 0.25) is 0 Å². The molecule has 3 heteroatoms. The number of nitrogens with zero attached hydrogens (tertiary/aromatic N) is 1. The quantitative estimate of drug-likeness (QED) is 0.781. The number of hydrogen-bond donors (Lipinski definition) is 1. The summed E-state index contributed by atoms with van der Waals surface area (Å²) in [7, 11) is 5.91. The maximum atomic E-state index is 5.20. The lowest BCUT2D eigenvalue weighted by atomic mass is 10.0. The second-order valence-electron chi connectivity index (χ2n) is 5.35. The third-order valence-electron chi connectivity index (χ3n) is 3.68. The first-order valence-electron chi connectivity index (χ1n) is 7.10. The molecular weight excluding hydrogens is 236 g/mol. The molecule has 0 saturated heterocycles. The number of hydrogen-bond acceptors (Lipinski definition) is 3. The summed E-state index contributed by atoms with van der Waals surface area (Å²) in [6, 6.07) is 8.68. The van der Waals surface area contributed by atoms with Crippen LogP contribution in [0.4, 0.5) is 0 Å². The summed E-state index contributed by atoms with van der Waals surface area (Å²) >= 11 is 0. The Kier molecular flexibility index (Phi) is 6.89. The highest BCUT2D eigenvalue weighted by Gasteiger charge is 2.13. The van der Waals surface area contributed by atoms with Gasteiger partial charge in [0.1, 0.15) is 5.75 Å². The predicted octanol–water partition coefficient (Wildman–Crippen LogP) is 2.93. The van der Waals surface area contributed by atoms with Crippen LogP contribution in [0.5, 0.6) is 5.75 Å². The van der Waals surface area contributed by atoms with Crippen molar-refractivity contribution in [1.82, 2.24) is 10.2 Å². The summed E-state index contributed by atoms with van der Waals surface area (Å²) < 4.78 is 5.20. The van der Waals surface area contributed by atoms with Gasteiger partial charge in [-0.2, -0.15) is 0 Å². The normalized spacial score (nSPS) is 14.4. The summed E-state index contributed by atoms with van der Waals surface area (Å²) in [5.74, 6) is 1.66. The van der Waals surface area contributed by atoms with E-state index in [1.54, 1.807) is 7.11 Å². The Morgan fingerprint density at radius 1 is 1.21 bits per heavy atom. The lowest BCUT2D eigenvalue weighted by Crippen LogP contribution is -2.33. The van der Waals surface area contributed by atoms with E-state index >= 15 is 0 Å². The summed E-state index contributed by atoms with van der Waals surface area (Å²) in [6.07, 6.45) is 1.23. The molecule has 1 aromatic rings. The topological polar surface area (TPSA) is 24.5 Å². The van der Waals surface area contributed by atoms with Crippen LogP contribution in [-0.4, -0.2) is 39.2 Å². The summed E-state index contributed by atoms with van der Waals surface area (Å²) in [5, 5.41) is 3.40. The van der Waals surface area contributed by atoms with Crippen molar-refractivity contribution in [2.45, 2.75) is 26.3 Å². The predicted molar refractivity (Wildman–Crippen MR) is 81.7 cm³/mol. The van der Waals surface area contributed by atoms with Gasteiger partial charge in [-0.05, 0) is 37.7 Å². The first-order chi connectivity index (χ1) is 9.10. The summed E-state index contributed by atoms with van der Waals surface area (Å²) in [4.78, 5) is 2.40.